The van der Waals surface area contributed by atoms with E-state index in [2.05, 4.69) is 55.5 Å². The van der Waals surface area contributed by atoms with Crippen LogP contribution in [0.15, 0.2) is 20.9 Å². The first-order valence-electron chi connectivity index (χ1n) is 7.15. The molecule has 1 unspecified atom stereocenters. The Morgan fingerprint density at radius 2 is 2.29 bits per heavy atom. The summed E-state index contributed by atoms with van der Waals surface area (Å²) in [7, 11) is 1.83. The topological polar surface area (TPSA) is 39.7 Å². The lowest BCUT2D eigenvalue weighted by Gasteiger charge is -2.23. The van der Waals surface area contributed by atoms with E-state index in [-0.39, 0.29) is 24.0 Å². The molecule has 0 amide bonds. The number of nitrogens with zero attached hydrogens (tertiary/aromatic N) is 2. The van der Waals surface area contributed by atoms with Crippen LogP contribution in [0, 0.1) is 0 Å². The van der Waals surface area contributed by atoms with Gasteiger partial charge in [0.25, 0.3) is 0 Å². The van der Waals surface area contributed by atoms with Crippen LogP contribution in [0.25, 0.3) is 0 Å². The number of halogens is 2. The fourth-order valence-corrected chi connectivity index (χ4v) is 4.02. The number of guanidine groups is 1. The number of hydrogen-bond donors (Lipinski definition) is 2. The standard InChI is InChI=1S/C14H23BrN4S.HI/c1-3-19-8-4-5-11(19)9-17-14(16-2)18-10-12-6-7-13(15)20-12;/h6-7,11H,3-5,8-10H2,1-2H3,(H2,16,17,18);1H. The Bertz CT molecular complexity index is 452. The van der Waals surface area contributed by atoms with Crippen LogP contribution in [0.2, 0.25) is 0 Å². The Morgan fingerprint density at radius 3 is 2.90 bits per heavy atom. The first-order valence-corrected chi connectivity index (χ1v) is 8.76. The molecule has 0 spiro atoms. The molecule has 0 radical (unpaired) electrons. The Labute approximate surface area is 156 Å². The molecule has 0 aliphatic carbocycles. The fourth-order valence-electron chi connectivity index (χ4n) is 2.60. The third-order valence-electron chi connectivity index (χ3n) is 3.69. The number of hydrogen-bond acceptors (Lipinski definition) is 3. The van der Waals surface area contributed by atoms with Crippen molar-refractivity contribution < 1.29 is 0 Å². The van der Waals surface area contributed by atoms with Gasteiger partial charge in [0.15, 0.2) is 5.96 Å². The molecule has 1 saturated heterocycles. The zero-order chi connectivity index (χ0) is 14.4. The highest BCUT2D eigenvalue weighted by Gasteiger charge is 2.22. The van der Waals surface area contributed by atoms with Crippen LogP contribution in [0.3, 0.4) is 0 Å². The molecular weight excluding hydrogens is 463 g/mol. The summed E-state index contributed by atoms with van der Waals surface area (Å²) < 4.78 is 1.17. The van der Waals surface area contributed by atoms with Crippen LogP contribution >= 0.6 is 51.2 Å². The van der Waals surface area contributed by atoms with E-state index in [9.17, 15) is 0 Å². The van der Waals surface area contributed by atoms with Crippen molar-refractivity contribution in [1.82, 2.24) is 15.5 Å². The minimum absolute atomic E-state index is 0. The van der Waals surface area contributed by atoms with E-state index in [0.717, 1.165) is 25.6 Å². The van der Waals surface area contributed by atoms with Crippen molar-refractivity contribution in [3.8, 4) is 0 Å². The van der Waals surface area contributed by atoms with Gasteiger partial charge in [0, 0.05) is 24.5 Å². The Balaban J connectivity index is 0.00000220. The first kappa shape index (κ1) is 19.2. The molecular formula is C14H24BrIN4S. The first-order chi connectivity index (χ1) is 9.72. The highest BCUT2D eigenvalue weighted by atomic mass is 127. The van der Waals surface area contributed by atoms with Gasteiger partial charge in [0.05, 0.1) is 10.3 Å². The van der Waals surface area contributed by atoms with Crippen LogP contribution in [0.1, 0.15) is 24.6 Å². The van der Waals surface area contributed by atoms with Crippen molar-refractivity contribution in [3.63, 3.8) is 0 Å². The maximum absolute atomic E-state index is 4.29. The Morgan fingerprint density at radius 1 is 1.48 bits per heavy atom. The summed E-state index contributed by atoms with van der Waals surface area (Å²) in [6.45, 7) is 6.40. The lowest BCUT2D eigenvalue weighted by Crippen LogP contribution is -2.44. The average molecular weight is 487 g/mol. The molecule has 4 nitrogen and oxygen atoms in total. The Kier molecular flexibility index (Phi) is 9.15. The van der Waals surface area contributed by atoms with Crippen LogP contribution < -0.4 is 10.6 Å². The lowest BCUT2D eigenvalue weighted by atomic mass is 10.2. The van der Waals surface area contributed by atoms with Crippen molar-refractivity contribution in [2.45, 2.75) is 32.4 Å². The van der Waals surface area contributed by atoms with E-state index in [1.165, 1.54) is 28.0 Å². The third kappa shape index (κ3) is 6.03. The molecule has 1 aliphatic rings. The molecule has 7 heteroatoms. The van der Waals surface area contributed by atoms with Crippen molar-refractivity contribution >= 4 is 57.2 Å². The van der Waals surface area contributed by atoms with E-state index in [1.807, 2.05) is 7.05 Å². The normalized spacial score (nSPS) is 19.4. The van der Waals surface area contributed by atoms with Gasteiger partial charge in [-0.2, -0.15) is 0 Å². The second-order valence-corrected chi connectivity index (χ2v) is 7.48. The van der Waals surface area contributed by atoms with Crippen molar-refractivity contribution in [2.75, 3.05) is 26.7 Å². The number of likely N-dealkylation sites (tertiary alicyclic amines) is 1. The highest BCUT2D eigenvalue weighted by Crippen LogP contribution is 2.21. The van der Waals surface area contributed by atoms with Crippen LogP contribution in [-0.2, 0) is 6.54 Å². The second kappa shape index (κ2) is 10.0. The minimum Gasteiger partial charge on any atom is -0.355 e. The smallest absolute Gasteiger partial charge is 0.191 e. The van der Waals surface area contributed by atoms with Crippen LogP contribution in [0.4, 0.5) is 0 Å². The zero-order valence-corrected chi connectivity index (χ0v) is 17.3. The summed E-state index contributed by atoms with van der Waals surface area (Å²) in [5, 5.41) is 6.81. The van der Waals surface area contributed by atoms with Gasteiger partial charge >= 0.3 is 0 Å². The van der Waals surface area contributed by atoms with Gasteiger partial charge in [0.1, 0.15) is 0 Å². The second-order valence-electron chi connectivity index (χ2n) is 4.94. The maximum Gasteiger partial charge on any atom is 0.191 e. The van der Waals surface area contributed by atoms with Gasteiger partial charge in [-0.15, -0.1) is 35.3 Å². The quantitative estimate of drug-likeness (QED) is 0.381. The van der Waals surface area contributed by atoms with Gasteiger partial charge in [0.2, 0.25) is 0 Å². The van der Waals surface area contributed by atoms with E-state index in [4.69, 9.17) is 0 Å². The number of rotatable bonds is 5. The molecule has 1 fully saturated rings. The highest BCUT2D eigenvalue weighted by molar-refractivity contribution is 14.0. The van der Waals surface area contributed by atoms with Gasteiger partial charge < -0.3 is 10.6 Å². The fraction of sp³-hybridized carbons (Fsp3) is 0.643. The number of likely N-dealkylation sites (N-methyl/N-ethyl adjacent to an activating group) is 1. The van der Waals surface area contributed by atoms with Crippen LogP contribution in [-0.4, -0.2) is 43.6 Å². The number of thiophene rings is 1. The van der Waals surface area contributed by atoms with Crippen molar-refractivity contribution in [2.24, 2.45) is 4.99 Å². The average Bonchev–Trinajstić information content (AvgIpc) is 3.07. The summed E-state index contributed by atoms with van der Waals surface area (Å²) in [5.41, 5.74) is 0. The monoisotopic (exact) mass is 486 g/mol. The predicted molar refractivity (Wildman–Crippen MR) is 106 cm³/mol. The lowest BCUT2D eigenvalue weighted by molar-refractivity contribution is 0.267. The van der Waals surface area contributed by atoms with Crippen molar-refractivity contribution in [3.05, 3.63) is 20.8 Å². The molecule has 120 valence electrons. The summed E-state index contributed by atoms with van der Waals surface area (Å²) in [5.74, 6) is 0.887. The molecule has 2 N–H and O–H groups in total. The van der Waals surface area contributed by atoms with Crippen molar-refractivity contribution in [1.29, 1.82) is 0 Å². The number of aliphatic imine (C=N–C) groups is 1. The summed E-state index contributed by atoms with van der Waals surface area (Å²) >= 11 is 5.24. The molecule has 1 aliphatic heterocycles. The zero-order valence-electron chi connectivity index (χ0n) is 12.6. The maximum atomic E-state index is 4.29. The van der Waals surface area contributed by atoms with Gasteiger partial charge in [-0.25, -0.2) is 0 Å². The van der Waals surface area contributed by atoms with Gasteiger partial charge in [-0.3, -0.25) is 9.89 Å². The molecule has 0 saturated carbocycles. The predicted octanol–water partition coefficient (Wildman–Crippen LogP) is 3.28. The third-order valence-corrected chi connectivity index (χ3v) is 5.32. The van der Waals surface area contributed by atoms with E-state index >= 15 is 0 Å². The molecule has 1 aromatic heterocycles. The molecule has 2 rings (SSSR count). The number of nitrogens with one attached hydrogen (secondary N) is 2. The SMILES string of the molecule is CCN1CCCC1CNC(=NC)NCc1ccc(Br)s1.I. The summed E-state index contributed by atoms with van der Waals surface area (Å²) in [6, 6.07) is 4.86. The van der Waals surface area contributed by atoms with E-state index in [0.29, 0.717) is 6.04 Å². The van der Waals surface area contributed by atoms with E-state index < -0.39 is 0 Å². The summed E-state index contributed by atoms with van der Waals surface area (Å²) in [6.07, 6.45) is 2.60. The van der Waals surface area contributed by atoms with Gasteiger partial charge in [-0.1, -0.05) is 6.92 Å². The molecule has 2 heterocycles. The molecule has 0 aromatic carbocycles. The minimum atomic E-state index is 0. The molecule has 0 bridgehead atoms. The van der Waals surface area contributed by atoms with Gasteiger partial charge in [-0.05, 0) is 54.0 Å². The summed E-state index contributed by atoms with van der Waals surface area (Å²) in [4.78, 5) is 8.13. The van der Waals surface area contributed by atoms with Crippen LogP contribution in [0.5, 0.6) is 0 Å². The molecule has 1 aromatic rings. The van der Waals surface area contributed by atoms with E-state index in [1.54, 1.807) is 11.3 Å². The molecule has 21 heavy (non-hydrogen) atoms. The molecule has 1 atom stereocenters. The Hall–Kier alpha value is 0.140. The largest absolute Gasteiger partial charge is 0.355 e.